The minimum Gasteiger partial charge on any atom is -0.346 e. The van der Waals surface area contributed by atoms with Gasteiger partial charge in [0.25, 0.3) is 0 Å². The van der Waals surface area contributed by atoms with Crippen molar-refractivity contribution >= 4 is 22.1 Å². The van der Waals surface area contributed by atoms with Crippen molar-refractivity contribution in [2.45, 2.75) is 31.2 Å². The third kappa shape index (κ3) is 3.08. The van der Waals surface area contributed by atoms with Crippen LogP contribution in [0.3, 0.4) is 0 Å². The number of nitrogens with one attached hydrogen (secondary N) is 1. The molecule has 1 fully saturated rings. The molecular formula is C16H17F4N5. The molecule has 1 aliphatic heterocycles. The van der Waals surface area contributed by atoms with Crippen molar-refractivity contribution in [2.75, 3.05) is 19.6 Å². The molecule has 5 nitrogen and oxygen atoms in total. The van der Waals surface area contributed by atoms with E-state index in [0.717, 1.165) is 5.39 Å². The molecule has 0 amide bonds. The van der Waals surface area contributed by atoms with Crippen LogP contribution in [-0.2, 0) is 0 Å². The fraction of sp³-hybridized carbons (Fsp3) is 0.500. The van der Waals surface area contributed by atoms with E-state index in [2.05, 4.69) is 15.0 Å². The molecule has 0 unspecified atom stereocenters. The molecule has 0 radical (unpaired) electrons. The first-order chi connectivity index (χ1) is 12.3. The van der Waals surface area contributed by atoms with E-state index in [-0.39, 0.29) is 32.4 Å². The number of fused-ring (bicyclic) bond motifs is 3. The van der Waals surface area contributed by atoms with Gasteiger partial charge in [-0.05, 0) is 19.0 Å². The Morgan fingerprint density at radius 1 is 1.32 bits per heavy atom. The second-order valence-electron chi connectivity index (χ2n) is 6.38. The minimum absolute atomic E-state index is 0.0585. The SMILES string of the molecule is [2H]c1nc2cnc3[nH]ccc3c2n1[C@@H]1CN(CCCC(F)(F)F)C[C@H]1F. The monoisotopic (exact) mass is 356 g/mol. The van der Waals surface area contributed by atoms with E-state index in [9.17, 15) is 17.6 Å². The maximum atomic E-state index is 14.7. The Balaban J connectivity index is 1.61. The summed E-state index contributed by atoms with van der Waals surface area (Å²) < 4.78 is 61.3. The van der Waals surface area contributed by atoms with Crippen molar-refractivity contribution < 1.29 is 18.9 Å². The van der Waals surface area contributed by atoms with Crippen LogP contribution in [0.2, 0.25) is 0 Å². The molecule has 134 valence electrons. The van der Waals surface area contributed by atoms with Crippen LogP contribution in [0, 0.1) is 0 Å². The van der Waals surface area contributed by atoms with Gasteiger partial charge in [-0.15, -0.1) is 0 Å². The van der Waals surface area contributed by atoms with Crippen LogP contribution in [0.5, 0.6) is 0 Å². The maximum Gasteiger partial charge on any atom is 0.389 e. The van der Waals surface area contributed by atoms with Crippen LogP contribution >= 0.6 is 0 Å². The summed E-state index contributed by atoms with van der Waals surface area (Å²) in [5, 5.41) is 0.747. The van der Waals surface area contributed by atoms with Gasteiger partial charge in [0, 0.05) is 31.1 Å². The molecule has 0 aliphatic carbocycles. The summed E-state index contributed by atoms with van der Waals surface area (Å²) in [5.41, 5.74) is 1.75. The zero-order chi connectivity index (χ0) is 18.5. The summed E-state index contributed by atoms with van der Waals surface area (Å²) in [6.07, 6.45) is -3.23. The molecular weight excluding hydrogens is 338 g/mol. The van der Waals surface area contributed by atoms with Gasteiger partial charge in [0.05, 0.1) is 24.1 Å². The van der Waals surface area contributed by atoms with Gasteiger partial charge >= 0.3 is 6.18 Å². The molecule has 0 bridgehead atoms. The smallest absolute Gasteiger partial charge is 0.346 e. The zero-order valence-corrected chi connectivity index (χ0v) is 13.2. The highest BCUT2D eigenvalue weighted by Gasteiger charge is 2.35. The molecule has 4 heterocycles. The minimum atomic E-state index is -4.20. The summed E-state index contributed by atoms with van der Waals surface area (Å²) in [4.78, 5) is 13.0. The van der Waals surface area contributed by atoms with Gasteiger partial charge in [-0.1, -0.05) is 0 Å². The van der Waals surface area contributed by atoms with Crippen LogP contribution in [0.1, 0.15) is 20.3 Å². The number of alkyl halides is 4. The Hall–Kier alpha value is -2.16. The van der Waals surface area contributed by atoms with Gasteiger partial charge in [0.2, 0.25) is 0 Å². The van der Waals surface area contributed by atoms with Gasteiger partial charge in [-0.25, -0.2) is 14.4 Å². The van der Waals surface area contributed by atoms with Crippen molar-refractivity contribution in [1.29, 1.82) is 0 Å². The number of imidazole rings is 1. The summed E-state index contributed by atoms with van der Waals surface area (Å²) in [6, 6.07) is 1.14. The Morgan fingerprint density at radius 3 is 2.96 bits per heavy atom. The lowest BCUT2D eigenvalue weighted by Crippen LogP contribution is -2.24. The highest BCUT2D eigenvalue weighted by Crippen LogP contribution is 2.31. The number of rotatable bonds is 4. The standard InChI is InChI=1S/C16H17F4N5/c17-11-7-24(5-1-3-16(18,19)20)8-13(11)25-9-23-12-6-22-15-10(14(12)25)2-4-21-15/h2,4,6,9,11,13H,1,3,5,7-8H2,(H,21,22)/t11-,13-/m1/s1/i9D. The van der Waals surface area contributed by atoms with Crippen LogP contribution < -0.4 is 0 Å². The fourth-order valence-electron chi connectivity index (χ4n) is 3.47. The van der Waals surface area contributed by atoms with Gasteiger partial charge in [0.15, 0.2) is 0 Å². The van der Waals surface area contributed by atoms with Crippen molar-refractivity contribution in [3.05, 3.63) is 24.8 Å². The number of H-pyrrole nitrogens is 1. The Kier molecular flexibility index (Phi) is 3.61. The highest BCUT2D eigenvalue weighted by molar-refractivity contribution is 6.00. The quantitative estimate of drug-likeness (QED) is 0.729. The number of aromatic nitrogens is 4. The van der Waals surface area contributed by atoms with E-state index >= 15 is 0 Å². The average molecular weight is 356 g/mol. The Labute approximate surface area is 142 Å². The number of hydrogen-bond acceptors (Lipinski definition) is 3. The molecule has 0 spiro atoms. The van der Waals surface area contributed by atoms with Gasteiger partial charge in [0.1, 0.15) is 18.7 Å². The van der Waals surface area contributed by atoms with E-state index < -0.39 is 24.8 Å². The molecule has 4 rings (SSSR count). The number of pyridine rings is 1. The predicted molar refractivity (Wildman–Crippen MR) is 85.0 cm³/mol. The summed E-state index contributed by atoms with van der Waals surface area (Å²) in [6.45, 7) is 0.491. The largest absolute Gasteiger partial charge is 0.389 e. The van der Waals surface area contributed by atoms with Crippen LogP contribution in [0.15, 0.2) is 24.8 Å². The number of hydrogen-bond donors (Lipinski definition) is 1. The number of aromatic amines is 1. The molecule has 0 saturated carbocycles. The lowest BCUT2D eigenvalue weighted by molar-refractivity contribution is -0.136. The zero-order valence-electron chi connectivity index (χ0n) is 14.2. The topological polar surface area (TPSA) is 49.7 Å². The summed E-state index contributed by atoms with van der Waals surface area (Å²) in [5.74, 6) is 0. The van der Waals surface area contributed by atoms with Gasteiger partial charge < -0.3 is 9.55 Å². The molecule has 3 aromatic heterocycles. The third-order valence-electron chi connectivity index (χ3n) is 4.62. The molecule has 25 heavy (non-hydrogen) atoms. The number of likely N-dealkylation sites (tertiary alicyclic amines) is 1. The van der Waals surface area contributed by atoms with Crippen LogP contribution in [-0.4, -0.2) is 56.4 Å². The van der Waals surface area contributed by atoms with E-state index in [1.54, 1.807) is 21.7 Å². The second-order valence-corrected chi connectivity index (χ2v) is 6.38. The molecule has 0 aromatic carbocycles. The Morgan fingerprint density at radius 2 is 2.16 bits per heavy atom. The maximum absolute atomic E-state index is 14.7. The van der Waals surface area contributed by atoms with Crippen molar-refractivity contribution in [2.24, 2.45) is 0 Å². The summed E-state index contributed by atoms with van der Waals surface area (Å²) in [7, 11) is 0. The number of halogens is 4. The lowest BCUT2D eigenvalue weighted by Gasteiger charge is -2.17. The first-order valence-corrected chi connectivity index (χ1v) is 8.07. The van der Waals surface area contributed by atoms with E-state index in [0.29, 0.717) is 16.7 Å². The van der Waals surface area contributed by atoms with Crippen molar-refractivity contribution in [1.82, 2.24) is 24.4 Å². The molecule has 9 heteroatoms. The predicted octanol–water partition coefficient (Wildman–Crippen LogP) is 3.45. The lowest BCUT2D eigenvalue weighted by atomic mass is 10.2. The highest BCUT2D eigenvalue weighted by atomic mass is 19.4. The van der Waals surface area contributed by atoms with E-state index in [4.69, 9.17) is 1.37 Å². The van der Waals surface area contributed by atoms with E-state index in [1.165, 1.54) is 6.20 Å². The first-order valence-electron chi connectivity index (χ1n) is 8.57. The van der Waals surface area contributed by atoms with Crippen molar-refractivity contribution in [3.8, 4) is 0 Å². The van der Waals surface area contributed by atoms with E-state index in [1.807, 2.05) is 0 Å². The molecule has 1 N–H and O–H groups in total. The average Bonchev–Trinajstić information content (AvgIpc) is 3.22. The fourth-order valence-corrected chi connectivity index (χ4v) is 3.47. The van der Waals surface area contributed by atoms with Gasteiger partial charge in [-0.2, -0.15) is 13.2 Å². The first kappa shape index (κ1) is 15.1. The second kappa shape index (κ2) is 5.98. The normalized spacial score (nSPS) is 23.0. The van der Waals surface area contributed by atoms with Crippen molar-refractivity contribution in [3.63, 3.8) is 0 Å². The molecule has 2 atom stereocenters. The Bertz CT molecular complexity index is 934. The molecule has 1 saturated heterocycles. The molecule has 3 aromatic rings. The third-order valence-corrected chi connectivity index (χ3v) is 4.62. The van der Waals surface area contributed by atoms with Gasteiger partial charge in [-0.3, -0.25) is 4.90 Å². The summed E-state index contributed by atoms with van der Waals surface area (Å²) >= 11 is 0. The van der Waals surface area contributed by atoms with Crippen LogP contribution in [0.4, 0.5) is 17.6 Å². The van der Waals surface area contributed by atoms with Crippen LogP contribution in [0.25, 0.3) is 22.1 Å². The number of nitrogens with zero attached hydrogens (tertiary/aromatic N) is 4. The molecule has 1 aliphatic rings.